The van der Waals surface area contributed by atoms with Crippen LogP contribution < -0.4 is 10.9 Å². The van der Waals surface area contributed by atoms with Crippen molar-refractivity contribution in [1.29, 1.82) is 0 Å². The molecule has 2 N–H and O–H groups in total. The van der Waals surface area contributed by atoms with E-state index in [2.05, 4.69) is 15.5 Å². The smallest absolute Gasteiger partial charge is 0.263 e. The monoisotopic (exact) mass is 419 g/mol. The molecule has 1 amide bonds. The molecule has 162 valence electrons. The van der Waals surface area contributed by atoms with Crippen LogP contribution in [0.4, 0.5) is 0 Å². The van der Waals surface area contributed by atoms with Gasteiger partial charge in [0.15, 0.2) is 0 Å². The third kappa shape index (κ3) is 4.61. The van der Waals surface area contributed by atoms with Gasteiger partial charge in [-0.05, 0) is 56.0 Å². The largest absolute Gasteiger partial charge is 0.337 e. The van der Waals surface area contributed by atoms with Crippen molar-refractivity contribution >= 4 is 5.91 Å². The zero-order valence-electron chi connectivity index (χ0n) is 18.1. The van der Waals surface area contributed by atoms with E-state index in [1.165, 1.54) is 0 Å². The van der Waals surface area contributed by atoms with Gasteiger partial charge < -0.3 is 14.8 Å². The van der Waals surface area contributed by atoms with Crippen LogP contribution in [0.2, 0.25) is 0 Å². The molecular formula is C24H29N5O2. The molecule has 1 fully saturated rings. The number of nitrogens with zero attached hydrogens (tertiary/aromatic N) is 3. The number of aromatic amines is 1. The lowest BCUT2D eigenvalue weighted by Gasteiger charge is -2.24. The quantitative estimate of drug-likeness (QED) is 0.644. The van der Waals surface area contributed by atoms with Gasteiger partial charge in [0.05, 0.1) is 11.9 Å². The maximum atomic E-state index is 13.3. The molecule has 1 aromatic carbocycles. The second-order valence-electron chi connectivity index (χ2n) is 8.34. The molecule has 1 aliphatic heterocycles. The SMILES string of the molecule is Cc1ccn(CC2CCCNC2)c(=O)c1C(=O)N(C)Cc1cn[nH]c1-c1ccccc1. The summed E-state index contributed by atoms with van der Waals surface area (Å²) in [6, 6.07) is 11.8. The molecule has 0 radical (unpaired) electrons. The van der Waals surface area contributed by atoms with Crippen molar-refractivity contribution in [2.24, 2.45) is 5.92 Å². The molecule has 1 atom stereocenters. The predicted molar refractivity (Wildman–Crippen MR) is 121 cm³/mol. The minimum absolute atomic E-state index is 0.210. The molecule has 2 aromatic heterocycles. The molecule has 1 saturated heterocycles. The van der Waals surface area contributed by atoms with Crippen LogP contribution in [0.25, 0.3) is 11.3 Å². The van der Waals surface area contributed by atoms with Crippen LogP contribution in [0.1, 0.15) is 34.3 Å². The van der Waals surface area contributed by atoms with Crippen LogP contribution >= 0.6 is 0 Å². The molecule has 0 bridgehead atoms. The average molecular weight is 420 g/mol. The van der Waals surface area contributed by atoms with Crippen LogP contribution in [-0.4, -0.2) is 45.7 Å². The van der Waals surface area contributed by atoms with Crippen LogP contribution in [0.3, 0.4) is 0 Å². The summed E-state index contributed by atoms with van der Waals surface area (Å²) in [7, 11) is 1.73. The Hall–Kier alpha value is -3.19. The topological polar surface area (TPSA) is 83.0 Å². The predicted octanol–water partition coefficient (Wildman–Crippen LogP) is 2.82. The molecule has 31 heavy (non-hydrogen) atoms. The van der Waals surface area contributed by atoms with E-state index < -0.39 is 0 Å². The first-order valence-electron chi connectivity index (χ1n) is 10.8. The minimum Gasteiger partial charge on any atom is -0.337 e. The number of rotatable bonds is 6. The number of carbonyl (C=O) groups excluding carboxylic acids is 1. The van der Waals surface area contributed by atoms with E-state index in [0.29, 0.717) is 24.6 Å². The fourth-order valence-corrected chi connectivity index (χ4v) is 4.23. The van der Waals surface area contributed by atoms with Gasteiger partial charge in [-0.3, -0.25) is 14.7 Å². The van der Waals surface area contributed by atoms with E-state index in [1.807, 2.05) is 49.5 Å². The maximum absolute atomic E-state index is 13.3. The standard InChI is InChI=1S/C24H29N5O2/c1-17-10-12-29(15-18-7-6-11-25-13-18)24(31)21(17)23(30)28(2)16-20-14-26-27-22(20)19-8-4-3-5-9-19/h3-5,8-10,12,14,18,25H,6-7,11,13,15-16H2,1-2H3,(H,26,27). The molecule has 0 saturated carbocycles. The Bertz CT molecular complexity index is 1100. The number of H-pyrrole nitrogens is 1. The zero-order valence-corrected chi connectivity index (χ0v) is 18.1. The van der Waals surface area contributed by atoms with Gasteiger partial charge in [0.2, 0.25) is 0 Å². The maximum Gasteiger partial charge on any atom is 0.263 e. The number of hydrogen-bond acceptors (Lipinski definition) is 4. The van der Waals surface area contributed by atoms with E-state index >= 15 is 0 Å². The zero-order chi connectivity index (χ0) is 21.8. The van der Waals surface area contributed by atoms with Gasteiger partial charge >= 0.3 is 0 Å². The Balaban J connectivity index is 1.55. The van der Waals surface area contributed by atoms with E-state index in [1.54, 1.807) is 22.7 Å². The summed E-state index contributed by atoms with van der Waals surface area (Å²) in [4.78, 5) is 28.0. The molecule has 4 rings (SSSR count). The second kappa shape index (κ2) is 9.31. The third-order valence-electron chi connectivity index (χ3n) is 5.98. The molecule has 7 heteroatoms. The van der Waals surface area contributed by atoms with Crippen molar-refractivity contribution in [3.8, 4) is 11.3 Å². The van der Waals surface area contributed by atoms with Gasteiger partial charge in [-0.2, -0.15) is 5.10 Å². The van der Waals surface area contributed by atoms with Gasteiger partial charge in [0.25, 0.3) is 11.5 Å². The first-order valence-corrected chi connectivity index (χ1v) is 10.8. The number of nitrogens with one attached hydrogen (secondary N) is 2. The molecule has 7 nitrogen and oxygen atoms in total. The molecule has 0 aliphatic carbocycles. The molecule has 0 spiro atoms. The number of amides is 1. The lowest BCUT2D eigenvalue weighted by Crippen LogP contribution is -2.38. The first-order chi connectivity index (χ1) is 15.0. The highest BCUT2D eigenvalue weighted by molar-refractivity contribution is 5.95. The molecule has 3 aromatic rings. The van der Waals surface area contributed by atoms with E-state index in [9.17, 15) is 9.59 Å². The number of pyridine rings is 1. The van der Waals surface area contributed by atoms with Crippen LogP contribution in [0.15, 0.2) is 53.6 Å². The number of carbonyl (C=O) groups is 1. The molecule has 1 aliphatic rings. The number of aromatic nitrogens is 3. The summed E-state index contributed by atoms with van der Waals surface area (Å²) in [6.07, 6.45) is 5.76. The van der Waals surface area contributed by atoms with Gasteiger partial charge in [0.1, 0.15) is 5.56 Å². The van der Waals surface area contributed by atoms with E-state index in [0.717, 1.165) is 42.8 Å². The van der Waals surface area contributed by atoms with Crippen molar-refractivity contribution < 1.29 is 4.79 Å². The lowest BCUT2D eigenvalue weighted by atomic mass is 9.99. The molecular weight excluding hydrogens is 390 g/mol. The van der Waals surface area contributed by atoms with Crippen molar-refractivity contribution in [2.45, 2.75) is 32.9 Å². The van der Waals surface area contributed by atoms with Crippen LogP contribution in [0, 0.1) is 12.8 Å². The van der Waals surface area contributed by atoms with Gasteiger partial charge in [-0.15, -0.1) is 0 Å². The molecule has 1 unspecified atom stereocenters. The summed E-state index contributed by atoms with van der Waals surface area (Å²) in [5, 5.41) is 10.6. The highest BCUT2D eigenvalue weighted by Crippen LogP contribution is 2.22. The van der Waals surface area contributed by atoms with Gasteiger partial charge in [-0.25, -0.2) is 0 Å². The van der Waals surface area contributed by atoms with Crippen molar-refractivity contribution in [2.75, 3.05) is 20.1 Å². The number of aryl methyl sites for hydroxylation is 1. The fraction of sp³-hybridized carbons (Fsp3) is 0.375. The highest BCUT2D eigenvalue weighted by atomic mass is 16.2. The van der Waals surface area contributed by atoms with Gasteiger partial charge in [0, 0.05) is 31.9 Å². The Morgan fingerprint density at radius 3 is 2.81 bits per heavy atom. The van der Waals surface area contributed by atoms with E-state index in [4.69, 9.17) is 0 Å². The Morgan fingerprint density at radius 2 is 2.06 bits per heavy atom. The summed E-state index contributed by atoms with van der Waals surface area (Å²) in [5.74, 6) is 0.146. The Labute approximate surface area is 182 Å². The summed E-state index contributed by atoms with van der Waals surface area (Å²) in [5.41, 5.74) is 3.54. The summed E-state index contributed by atoms with van der Waals surface area (Å²) in [6.45, 7) is 4.76. The van der Waals surface area contributed by atoms with Crippen LogP contribution in [0.5, 0.6) is 0 Å². The van der Waals surface area contributed by atoms with Crippen molar-refractivity contribution in [3.05, 3.63) is 75.8 Å². The Kier molecular flexibility index (Phi) is 6.32. The average Bonchev–Trinajstić information content (AvgIpc) is 3.25. The summed E-state index contributed by atoms with van der Waals surface area (Å²) >= 11 is 0. The van der Waals surface area contributed by atoms with Crippen LogP contribution in [-0.2, 0) is 13.1 Å². The summed E-state index contributed by atoms with van der Waals surface area (Å²) < 4.78 is 1.69. The highest BCUT2D eigenvalue weighted by Gasteiger charge is 2.22. The Morgan fingerprint density at radius 1 is 1.26 bits per heavy atom. The lowest BCUT2D eigenvalue weighted by molar-refractivity contribution is 0.0782. The fourth-order valence-electron chi connectivity index (χ4n) is 4.23. The first kappa shape index (κ1) is 21.1. The molecule has 3 heterocycles. The van der Waals surface area contributed by atoms with E-state index in [-0.39, 0.29) is 17.0 Å². The third-order valence-corrected chi connectivity index (χ3v) is 5.98. The van der Waals surface area contributed by atoms with Gasteiger partial charge in [-0.1, -0.05) is 30.3 Å². The van der Waals surface area contributed by atoms with Crippen molar-refractivity contribution in [3.63, 3.8) is 0 Å². The number of hydrogen-bond donors (Lipinski definition) is 2. The normalized spacial score (nSPS) is 16.3. The number of benzene rings is 1. The second-order valence-corrected chi connectivity index (χ2v) is 8.34. The minimum atomic E-state index is -0.265. The van der Waals surface area contributed by atoms with Crippen molar-refractivity contribution in [1.82, 2.24) is 25.0 Å². The number of piperidine rings is 1.